The molecule has 0 aromatic carbocycles. The lowest BCUT2D eigenvalue weighted by Gasteiger charge is -2.10. The Hall–Kier alpha value is -0.750. The van der Waals surface area contributed by atoms with E-state index in [4.69, 9.17) is 5.11 Å². The van der Waals surface area contributed by atoms with Gasteiger partial charge in [-0.25, -0.2) is 0 Å². The molecule has 1 rings (SSSR count). The lowest BCUT2D eigenvalue weighted by molar-refractivity contribution is -0.122. The lowest BCUT2D eigenvalue weighted by atomic mass is 10.3. The number of carbonyl (C=O) groups is 2. The molecule has 1 saturated heterocycles. The minimum atomic E-state index is -0.561. The van der Waals surface area contributed by atoms with Crippen molar-refractivity contribution in [3.63, 3.8) is 0 Å². The molecule has 2 amide bonds. The van der Waals surface area contributed by atoms with Crippen molar-refractivity contribution in [1.82, 2.24) is 10.6 Å². The monoisotopic (exact) mass is 204 g/mol. The second-order valence-electron chi connectivity index (χ2n) is 2.89. The Morgan fingerprint density at radius 1 is 1.92 bits per heavy atom. The first-order valence-electron chi connectivity index (χ1n) is 3.98. The van der Waals surface area contributed by atoms with E-state index in [-0.39, 0.29) is 17.7 Å². The van der Waals surface area contributed by atoms with Gasteiger partial charge in [0.05, 0.1) is 6.10 Å². The van der Waals surface area contributed by atoms with Crippen LogP contribution in [0.15, 0.2) is 0 Å². The van der Waals surface area contributed by atoms with E-state index in [1.54, 1.807) is 6.92 Å². The summed E-state index contributed by atoms with van der Waals surface area (Å²) < 4.78 is 0. The fraction of sp³-hybridized carbons (Fsp3) is 0.714. The molecule has 0 aliphatic carbocycles. The van der Waals surface area contributed by atoms with Crippen molar-refractivity contribution in [2.45, 2.75) is 19.1 Å². The maximum Gasteiger partial charge on any atom is 0.279 e. The topological polar surface area (TPSA) is 78.4 Å². The number of rotatable bonds is 3. The zero-order valence-electron chi connectivity index (χ0n) is 7.24. The summed E-state index contributed by atoms with van der Waals surface area (Å²) >= 11 is 1.09. The van der Waals surface area contributed by atoms with E-state index >= 15 is 0 Å². The van der Waals surface area contributed by atoms with Crippen LogP contribution in [-0.2, 0) is 4.79 Å². The smallest absolute Gasteiger partial charge is 0.279 e. The molecule has 0 saturated carbocycles. The van der Waals surface area contributed by atoms with E-state index < -0.39 is 12.1 Å². The van der Waals surface area contributed by atoms with E-state index in [2.05, 4.69) is 10.6 Å². The van der Waals surface area contributed by atoms with E-state index in [9.17, 15) is 9.59 Å². The zero-order valence-corrected chi connectivity index (χ0v) is 8.06. The summed E-state index contributed by atoms with van der Waals surface area (Å²) in [6.07, 6.45) is -0.561. The van der Waals surface area contributed by atoms with Gasteiger partial charge in [-0.1, -0.05) is 11.8 Å². The van der Waals surface area contributed by atoms with E-state index in [1.165, 1.54) is 0 Å². The molecule has 1 aliphatic rings. The summed E-state index contributed by atoms with van der Waals surface area (Å²) in [6, 6.07) is -0.448. The van der Waals surface area contributed by atoms with Crippen LogP contribution < -0.4 is 10.6 Å². The molecule has 5 nitrogen and oxygen atoms in total. The van der Waals surface area contributed by atoms with Crippen molar-refractivity contribution >= 4 is 22.9 Å². The van der Waals surface area contributed by atoms with Crippen LogP contribution in [0.1, 0.15) is 6.92 Å². The van der Waals surface area contributed by atoms with Gasteiger partial charge in [0.1, 0.15) is 6.04 Å². The number of nitrogens with one attached hydrogen (secondary N) is 2. The molecular weight excluding hydrogens is 192 g/mol. The summed E-state index contributed by atoms with van der Waals surface area (Å²) in [4.78, 5) is 22.0. The molecule has 0 aromatic heterocycles. The number of amides is 2. The van der Waals surface area contributed by atoms with Crippen LogP contribution in [0.3, 0.4) is 0 Å². The molecule has 1 aliphatic heterocycles. The molecule has 0 spiro atoms. The predicted molar refractivity (Wildman–Crippen MR) is 49.5 cm³/mol. The van der Waals surface area contributed by atoms with E-state index in [0.717, 1.165) is 11.8 Å². The molecular formula is C7H12N2O3S. The van der Waals surface area contributed by atoms with Gasteiger partial charge >= 0.3 is 0 Å². The van der Waals surface area contributed by atoms with E-state index in [0.29, 0.717) is 5.75 Å². The summed E-state index contributed by atoms with van der Waals surface area (Å²) in [7, 11) is 0. The summed E-state index contributed by atoms with van der Waals surface area (Å²) in [5, 5.41) is 13.8. The fourth-order valence-corrected chi connectivity index (χ4v) is 1.68. The van der Waals surface area contributed by atoms with Crippen LogP contribution >= 0.6 is 11.8 Å². The van der Waals surface area contributed by atoms with Crippen LogP contribution in [0.25, 0.3) is 0 Å². The lowest BCUT2D eigenvalue weighted by Crippen LogP contribution is -2.44. The average molecular weight is 204 g/mol. The van der Waals surface area contributed by atoms with Gasteiger partial charge in [0.2, 0.25) is 5.91 Å². The number of hydrogen-bond acceptors (Lipinski definition) is 4. The molecule has 1 heterocycles. The minimum absolute atomic E-state index is 0.169. The second kappa shape index (κ2) is 4.48. The highest BCUT2D eigenvalue weighted by Crippen LogP contribution is 2.12. The van der Waals surface area contributed by atoms with Crippen molar-refractivity contribution in [2.75, 3.05) is 12.3 Å². The van der Waals surface area contributed by atoms with Gasteiger partial charge in [-0.05, 0) is 6.92 Å². The zero-order chi connectivity index (χ0) is 9.84. The van der Waals surface area contributed by atoms with Crippen molar-refractivity contribution in [2.24, 2.45) is 0 Å². The van der Waals surface area contributed by atoms with Crippen LogP contribution in [-0.4, -0.2) is 40.7 Å². The first-order chi connectivity index (χ1) is 6.09. The Bertz CT molecular complexity index is 220. The first-order valence-corrected chi connectivity index (χ1v) is 4.97. The Balaban J connectivity index is 2.27. The molecule has 1 fully saturated rings. The summed E-state index contributed by atoms with van der Waals surface area (Å²) in [6.45, 7) is 1.80. The Morgan fingerprint density at radius 2 is 2.62 bits per heavy atom. The summed E-state index contributed by atoms with van der Waals surface area (Å²) in [5.41, 5.74) is 0. The average Bonchev–Trinajstić information content (AvgIpc) is 2.47. The van der Waals surface area contributed by atoms with Gasteiger partial charge in [-0.15, -0.1) is 0 Å². The van der Waals surface area contributed by atoms with Gasteiger partial charge in [0.15, 0.2) is 0 Å². The fourth-order valence-electron chi connectivity index (χ4n) is 0.897. The van der Waals surface area contributed by atoms with Gasteiger partial charge < -0.3 is 15.7 Å². The third kappa shape index (κ3) is 3.23. The highest BCUT2D eigenvalue weighted by molar-refractivity contribution is 8.14. The maximum absolute atomic E-state index is 11.2. The van der Waals surface area contributed by atoms with Crippen LogP contribution in [0.2, 0.25) is 0 Å². The highest BCUT2D eigenvalue weighted by atomic mass is 32.2. The van der Waals surface area contributed by atoms with Gasteiger partial charge in [-0.3, -0.25) is 9.59 Å². The SMILES string of the molecule is CC(O)CNC(=O)C1CSC(=O)N1. The largest absolute Gasteiger partial charge is 0.392 e. The molecule has 2 unspecified atom stereocenters. The van der Waals surface area contributed by atoms with Crippen LogP contribution in [0.4, 0.5) is 4.79 Å². The number of hydrogen-bond donors (Lipinski definition) is 3. The third-order valence-corrected chi connectivity index (χ3v) is 2.44. The van der Waals surface area contributed by atoms with Crippen LogP contribution in [0, 0.1) is 0 Å². The van der Waals surface area contributed by atoms with Crippen LogP contribution in [0.5, 0.6) is 0 Å². The Morgan fingerprint density at radius 3 is 3.08 bits per heavy atom. The Labute approximate surface area is 80.3 Å². The van der Waals surface area contributed by atoms with Gasteiger partial charge in [0.25, 0.3) is 5.24 Å². The third-order valence-electron chi connectivity index (χ3n) is 1.56. The number of aliphatic hydroxyl groups is 1. The molecule has 6 heteroatoms. The molecule has 0 aromatic rings. The quantitative estimate of drug-likeness (QED) is 0.568. The standard InChI is InChI=1S/C7H12N2O3S/c1-4(10)2-8-6(11)5-3-13-7(12)9-5/h4-5,10H,2-3H2,1H3,(H,8,11)(H,9,12). The van der Waals surface area contributed by atoms with Crippen molar-refractivity contribution in [3.8, 4) is 0 Å². The van der Waals surface area contributed by atoms with Crippen molar-refractivity contribution in [3.05, 3.63) is 0 Å². The number of carbonyl (C=O) groups excluding carboxylic acids is 2. The molecule has 2 atom stereocenters. The predicted octanol–water partition coefficient (Wildman–Crippen LogP) is -0.692. The number of thioether (sulfide) groups is 1. The molecule has 13 heavy (non-hydrogen) atoms. The van der Waals surface area contributed by atoms with Gasteiger partial charge in [-0.2, -0.15) is 0 Å². The highest BCUT2D eigenvalue weighted by Gasteiger charge is 2.27. The molecule has 3 N–H and O–H groups in total. The molecule has 0 bridgehead atoms. The number of aliphatic hydroxyl groups excluding tert-OH is 1. The van der Waals surface area contributed by atoms with Crippen molar-refractivity contribution < 1.29 is 14.7 Å². The second-order valence-corrected chi connectivity index (χ2v) is 3.88. The van der Waals surface area contributed by atoms with E-state index in [1.807, 2.05) is 0 Å². The summed E-state index contributed by atoms with van der Waals surface area (Å²) in [5.74, 6) is 0.226. The maximum atomic E-state index is 11.2. The molecule has 74 valence electrons. The van der Waals surface area contributed by atoms with Gasteiger partial charge in [0, 0.05) is 12.3 Å². The normalized spacial score (nSPS) is 23.8. The Kier molecular flexibility index (Phi) is 3.56. The van der Waals surface area contributed by atoms with Crippen molar-refractivity contribution in [1.29, 1.82) is 0 Å². The minimum Gasteiger partial charge on any atom is -0.392 e. The molecule has 0 radical (unpaired) electrons. The first kappa shape index (κ1) is 10.3.